The normalized spacial score (nSPS) is 10.3. The van der Waals surface area contributed by atoms with Gasteiger partial charge in [0.1, 0.15) is 0 Å². The lowest BCUT2D eigenvalue weighted by atomic mass is 10.1. The molecular weight excluding hydrogens is 284 g/mol. The van der Waals surface area contributed by atoms with Crippen molar-refractivity contribution in [2.24, 2.45) is 0 Å². The van der Waals surface area contributed by atoms with Gasteiger partial charge < -0.3 is 5.11 Å². The van der Waals surface area contributed by atoms with E-state index in [1.54, 1.807) is 0 Å². The summed E-state index contributed by atoms with van der Waals surface area (Å²) in [5, 5.41) is 8.80. The fourth-order valence-corrected chi connectivity index (χ4v) is 2.89. The Morgan fingerprint density at radius 2 is 1.75 bits per heavy atom. The first kappa shape index (κ1) is 10.2. The van der Waals surface area contributed by atoms with Crippen LogP contribution in [0.5, 0.6) is 0 Å². The summed E-state index contributed by atoms with van der Waals surface area (Å²) >= 11 is 6.92. The van der Waals surface area contributed by atoms with Gasteiger partial charge in [0.05, 0.1) is 0 Å². The van der Waals surface area contributed by atoms with E-state index in [-0.39, 0.29) is 6.61 Å². The minimum absolute atomic E-state index is 0.181. The minimum Gasteiger partial charge on any atom is -0.396 e. The van der Waals surface area contributed by atoms with E-state index in [9.17, 15) is 0 Å². The third-order valence-electron chi connectivity index (χ3n) is 1.65. The van der Waals surface area contributed by atoms with Gasteiger partial charge >= 0.3 is 0 Å². The van der Waals surface area contributed by atoms with Crippen LogP contribution in [-0.2, 0) is 6.42 Å². The highest BCUT2D eigenvalue weighted by molar-refractivity contribution is 9.11. The van der Waals surface area contributed by atoms with Crippen LogP contribution in [-0.4, -0.2) is 11.7 Å². The molecule has 1 aromatic carbocycles. The van der Waals surface area contributed by atoms with E-state index in [2.05, 4.69) is 44.0 Å². The molecule has 0 radical (unpaired) electrons. The molecule has 0 saturated heterocycles. The van der Waals surface area contributed by atoms with Crippen molar-refractivity contribution >= 4 is 31.9 Å². The van der Waals surface area contributed by atoms with Gasteiger partial charge in [-0.3, -0.25) is 0 Å². The third-order valence-corrected chi connectivity index (χ3v) is 3.06. The molecule has 0 heterocycles. The van der Waals surface area contributed by atoms with E-state index in [4.69, 9.17) is 5.11 Å². The standard InChI is InChI=1S/C9H10Br2O/c1-6-4-8(10)7(2-3-12)9(11)5-6/h4-5,12H,2-3H2,1H3. The van der Waals surface area contributed by atoms with Crippen LogP contribution in [0.4, 0.5) is 0 Å². The highest BCUT2D eigenvalue weighted by atomic mass is 79.9. The number of hydrogen-bond acceptors (Lipinski definition) is 1. The Hall–Kier alpha value is 0.140. The predicted octanol–water partition coefficient (Wildman–Crippen LogP) is 3.05. The molecule has 0 aliphatic rings. The Kier molecular flexibility index (Phi) is 3.75. The molecule has 1 nitrogen and oxygen atoms in total. The quantitative estimate of drug-likeness (QED) is 0.889. The second-order valence-corrected chi connectivity index (χ2v) is 4.39. The van der Waals surface area contributed by atoms with Gasteiger partial charge in [-0.25, -0.2) is 0 Å². The van der Waals surface area contributed by atoms with E-state index < -0.39 is 0 Å². The Morgan fingerprint density at radius 3 is 2.17 bits per heavy atom. The molecule has 3 heteroatoms. The van der Waals surface area contributed by atoms with Crippen molar-refractivity contribution in [2.75, 3.05) is 6.61 Å². The summed E-state index contributed by atoms with van der Waals surface area (Å²) < 4.78 is 2.12. The molecule has 66 valence electrons. The van der Waals surface area contributed by atoms with E-state index in [0.717, 1.165) is 14.5 Å². The number of aliphatic hydroxyl groups is 1. The number of benzene rings is 1. The van der Waals surface area contributed by atoms with Gasteiger partial charge in [-0.2, -0.15) is 0 Å². The van der Waals surface area contributed by atoms with Crippen LogP contribution in [0.1, 0.15) is 11.1 Å². The average Bonchev–Trinajstić information content (AvgIpc) is 1.96. The van der Waals surface area contributed by atoms with Crippen LogP contribution < -0.4 is 0 Å². The highest BCUT2D eigenvalue weighted by Gasteiger charge is 2.04. The molecule has 1 rings (SSSR count). The molecule has 12 heavy (non-hydrogen) atoms. The number of halogens is 2. The fraction of sp³-hybridized carbons (Fsp3) is 0.333. The Bertz CT molecular complexity index is 261. The molecule has 0 atom stereocenters. The monoisotopic (exact) mass is 292 g/mol. The van der Waals surface area contributed by atoms with E-state index >= 15 is 0 Å². The molecular formula is C9H10Br2O. The molecule has 0 amide bonds. The van der Waals surface area contributed by atoms with Gasteiger partial charge in [0.25, 0.3) is 0 Å². The summed E-state index contributed by atoms with van der Waals surface area (Å²) in [6, 6.07) is 4.10. The molecule has 0 aliphatic carbocycles. The SMILES string of the molecule is Cc1cc(Br)c(CCO)c(Br)c1. The van der Waals surface area contributed by atoms with Crippen LogP contribution in [0.2, 0.25) is 0 Å². The zero-order chi connectivity index (χ0) is 9.14. The first-order chi connectivity index (χ1) is 5.65. The van der Waals surface area contributed by atoms with Crippen LogP contribution in [0, 0.1) is 6.92 Å². The van der Waals surface area contributed by atoms with Crippen LogP contribution in [0.15, 0.2) is 21.1 Å². The second kappa shape index (κ2) is 4.40. The van der Waals surface area contributed by atoms with Crippen molar-refractivity contribution in [3.8, 4) is 0 Å². The molecule has 0 aromatic heterocycles. The van der Waals surface area contributed by atoms with Gasteiger partial charge in [-0.1, -0.05) is 31.9 Å². The summed E-state index contributed by atoms with van der Waals surface area (Å²) in [6.45, 7) is 2.22. The van der Waals surface area contributed by atoms with Crippen molar-refractivity contribution in [3.05, 3.63) is 32.2 Å². The van der Waals surface area contributed by atoms with Gasteiger partial charge in [0.15, 0.2) is 0 Å². The predicted molar refractivity (Wildman–Crippen MR) is 57.4 cm³/mol. The van der Waals surface area contributed by atoms with Crippen molar-refractivity contribution in [2.45, 2.75) is 13.3 Å². The maximum Gasteiger partial charge on any atom is 0.0472 e. The minimum atomic E-state index is 0.181. The second-order valence-electron chi connectivity index (χ2n) is 2.68. The van der Waals surface area contributed by atoms with Gasteiger partial charge in [-0.05, 0) is 36.6 Å². The molecule has 0 saturated carbocycles. The molecule has 0 unspecified atom stereocenters. The maximum atomic E-state index is 8.80. The Balaban J connectivity index is 3.10. The first-order valence-electron chi connectivity index (χ1n) is 3.70. The zero-order valence-corrected chi connectivity index (χ0v) is 9.94. The zero-order valence-electron chi connectivity index (χ0n) is 6.77. The van der Waals surface area contributed by atoms with Gasteiger partial charge in [0.2, 0.25) is 0 Å². The van der Waals surface area contributed by atoms with Gasteiger partial charge in [-0.15, -0.1) is 0 Å². The van der Waals surface area contributed by atoms with Crippen LogP contribution in [0.25, 0.3) is 0 Å². The van der Waals surface area contributed by atoms with Crippen molar-refractivity contribution in [3.63, 3.8) is 0 Å². The Morgan fingerprint density at radius 1 is 1.25 bits per heavy atom. The highest BCUT2D eigenvalue weighted by Crippen LogP contribution is 2.27. The van der Waals surface area contributed by atoms with Crippen LogP contribution in [0.3, 0.4) is 0 Å². The summed E-state index contributed by atoms with van der Waals surface area (Å²) in [5.41, 5.74) is 2.33. The summed E-state index contributed by atoms with van der Waals surface area (Å²) in [6.07, 6.45) is 0.682. The number of hydrogen-bond donors (Lipinski definition) is 1. The van der Waals surface area contributed by atoms with E-state index in [1.807, 2.05) is 6.92 Å². The lowest BCUT2D eigenvalue weighted by Gasteiger charge is -2.06. The van der Waals surface area contributed by atoms with Crippen molar-refractivity contribution in [1.82, 2.24) is 0 Å². The first-order valence-corrected chi connectivity index (χ1v) is 5.29. The van der Waals surface area contributed by atoms with Crippen molar-refractivity contribution in [1.29, 1.82) is 0 Å². The lowest BCUT2D eigenvalue weighted by Crippen LogP contribution is -1.94. The maximum absolute atomic E-state index is 8.80. The number of aryl methyl sites for hydroxylation is 1. The smallest absolute Gasteiger partial charge is 0.0472 e. The van der Waals surface area contributed by atoms with E-state index in [0.29, 0.717) is 6.42 Å². The molecule has 1 N–H and O–H groups in total. The van der Waals surface area contributed by atoms with Gasteiger partial charge in [0, 0.05) is 15.6 Å². The summed E-state index contributed by atoms with van der Waals surface area (Å²) in [4.78, 5) is 0. The topological polar surface area (TPSA) is 20.2 Å². The lowest BCUT2D eigenvalue weighted by molar-refractivity contribution is 0.299. The third kappa shape index (κ3) is 2.31. The van der Waals surface area contributed by atoms with Crippen LogP contribution >= 0.6 is 31.9 Å². The molecule has 0 spiro atoms. The molecule has 0 fully saturated rings. The fourth-order valence-electron chi connectivity index (χ4n) is 1.08. The van der Waals surface area contributed by atoms with Crippen molar-refractivity contribution < 1.29 is 5.11 Å². The number of rotatable bonds is 2. The summed E-state index contributed by atoms with van der Waals surface area (Å²) in [5.74, 6) is 0. The number of aliphatic hydroxyl groups excluding tert-OH is 1. The molecule has 0 aliphatic heterocycles. The van der Waals surface area contributed by atoms with E-state index in [1.165, 1.54) is 5.56 Å². The largest absolute Gasteiger partial charge is 0.396 e. The molecule has 0 bridgehead atoms. The molecule has 1 aromatic rings. The summed E-state index contributed by atoms with van der Waals surface area (Å²) in [7, 11) is 0. The average molecular weight is 294 g/mol. The Labute approximate surface area is 89.1 Å².